The molecule has 0 bridgehead atoms. The number of rotatable bonds is 6. The number of methoxy groups -OCH3 is 1. The Morgan fingerprint density at radius 3 is 2.47 bits per heavy atom. The van der Waals surface area contributed by atoms with Crippen LogP contribution in [0.3, 0.4) is 0 Å². The van der Waals surface area contributed by atoms with Gasteiger partial charge in [0.05, 0.1) is 17.5 Å². The average molecular weight is 608 g/mol. The second-order valence-electron chi connectivity index (χ2n) is 8.40. The van der Waals surface area contributed by atoms with Gasteiger partial charge in [-0.05, 0) is 58.4 Å². The highest BCUT2D eigenvalue weighted by Crippen LogP contribution is 2.25. The summed E-state index contributed by atoms with van der Waals surface area (Å²) < 4.78 is 21.6. The van der Waals surface area contributed by atoms with E-state index < -0.39 is 47.0 Å². The number of likely N-dealkylation sites (tertiary alicyclic amines) is 1. The van der Waals surface area contributed by atoms with Gasteiger partial charge in [-0.25, -0.2) is 14.0 Å². The number of hydrogen-bond donors (Lipinski definition) is 3. The summed E-state index contributed by atoms with van der Waals surface area (Å²) in [5, 5.41) is 14.9. The van der Waals surface area contributed by atoms with E-state index in [4.69, 9.17) is 16.3 Å². The topological polar surface area (TPSA) is 130 Å². The van der Waals surface area contributed by atoms with Crippen molar-refractivity contribution in [3.8, 4) is 5.69 Å². The molecule has 1 saturated heterocycles. The van der Waals surface area contributed by atoms with Crippen LogP contribution in [0.25, 0.3) is 5.69 Å². The van der Waals surface area contributed by atoms with E-state index in [-0.39, 0.29) is 24.3 Å². The molecule has 1 fully saturated rings. The van der Waals surface area contributed by atoms with E-state index in [9.17, 15) is 24.3 Å². The molecular formula is C25H21BrClFN4O6. The Labute approximate surface area is 229 Å². The minimum absolute atomic E-state index is 0.0542. The van der Waals surface area contributed by atoms with Gasteiger partial charge < -0.3 is 25.4 Å². The molecule has 0 unspecified atom stereocenters. The van der Waals surface area contributed by atoms with Gasteiger partial charge in [-0.2, -0.15) is 0 Å². The first kappa shape index (κ1) is 27.3. The third kappa shape index (κ3) is 5.87. The first-order chi connectivity index (χ1) is 18.1. The Balaban J connectivity index is 1.54. The summed E-state index contributed by atoms with van der Waals surface area (Å²) in [4.78, 5) is 51.2. The number of amides is 3. The number of aromatic carboxylic acids is 1. The van der Waals surface area contributed by atoms with Crippen molar-refractivity contribution in [1.82, 2.24) is 9.47 Å². The van der Waals surface area contributed by atoms with E-state index in [1.54, 1.807) is 24.3 Å². The average Bonchev–Trinajstić information content (AvgIpc) is 3.33. The second-order valence-corrected chi connectivity index (χ2v) is 9.76. The molecule has 198 valence electrons. The molecule has 2 atom stereocenters. The van der Waals surface area contributed by atoms with Gasteiger partial charge in [0.1, 0.15) is 17.4 Å². The Hall–Kier alpha value is -3.74. The van der Waals surface area contributed by atoms with Crippen molar-refractivity contribution in [3.63, 3.8) is 0 Å². The van der Waals surface area contributed by atoms with Gasteiger partial charge in [-0.1, -0.05) is 11.6 Å². The van der Waals surface area contributed by atoms with Crippen molar-refractivity contribution >= 4 is 56.8 Å². The maximum atomic E-state index is 15.0. The number of carboxylic acid groups (broad SMARTS) is 1. The number of nitrogens with one attached hydrogen (secondary N) is 2. The van der Waals surface area contributed by atoms with Crippen molar-refractivity contribution < 1.29 is 28.6 Å². The Bertz CT molecular complexity index is 1470. The van der Waals surface area contributed by atoms with Crippen LogP contribution in [0.4, 0.5) is 20.6 Å². The minimum Gasteiger partial charge on any atom is -0.477 e. The Morgan fingerprint density at radius 1 is 1.13 bits per heavy atom. The van der Waals surface area contributed by atoms with Crippen LogP contribution in [0, 0.1) is 5.82 Å². The lowest BCUT2D eigenvalue weighted by Crippen LogP contribution is -2.45. The zero-order valence-electron chi connectivity index (χ0n) is 19.8. The molecule has 13 heteroatoms. The monoisotopic (exact) mass is 606 g/mol. The molecule has 0 saturated carbocycles. The van der Waals surface area contributed by atoms with E-state index in [2.05, 4.69) is 26.6 Å². The van der Waals surface area contributed by atoms with Gasteiger partial charge in [0.25, 0.3) is 5.56 Å². The van der Waals surface area contributed by atoms with E-state index in [1.165, 1.54) is 30.3 Å². The number of carboxylic acids is 1. The van der Waals surface area contributed by atoms with Gasteiger partial charge in [0.15, 0.2) is 0 Å². The van der Waals surface area contributed by atoms with Crippen molar-refractivity contribution in [2.24, 2.45) is 0 Å². The largest absolute Gasteiger partial charge is 0.477 e. The molecule has 4 rings (SSSR count). The minimum atomic E-state index is -1.43. The number of urea groups is 1. The predicted molar refractivity (Wildman–Crippen MR) is 142 cm³/mol. The third-order valence-corrected chi connectivity index (χ3v) is 6.64. The molecule has 1 aromatic heterocycles. The van der Waals surface area contributed by atoms with Crippen LogP contribution in [0.15, 0.2) is 64.0 Å². The summed E-state index contributed by atoms with van der Waals surface area (Å²) in [5.41, 5.74) is -0.994. The molecule has 10 nitrogen and oxygen atoms in total. The van der Waals surface area contributed by atoms with E-state index in [0.29, 0.717) is 15.2 Å². The zero-order valence-corrected chi connectivity index (χ0v) is 22.1. The van der Waals surface area contributed by atoms with Gasteiger partial charge in [-0.3, -0.25) is 14.2 Å². The van der Waals surface area contributed by atoms with Gasteiger partial charge >= 0.3 is 12.0 Å². The lowest BCUT2D eigenvalue weighted by Gasteiger charge is -2.24. The molecule has 1 aliphatic rings. The van der Waals surface area contributed by atoms with Crippen LogP contribution in [0.5, 0.6) is 0 Å². The van der Waals surface area contributed by atoms with Crippen molar-refractivity contribution in [1.29, 1.82) is 0 Å². The molecule has 0 radical (unpaired) electrons. The van der Waals surface area contributed by atoms with E-state index >= 15 is 4.39 Å². The number of halogens is 3. The molecule has 1 aliphatic heterocycles. The first-order valence-corrected chi connectivity index (χ1v) is 12.4. The summed E-state index contributed by atoms with van der Waals surface area (Å²) in [6.07, 6.45) is 1.10. The Kier molecular flexibility index (Phi) is 8.14. The number of anilines is 2. The number of carbonyl (C=O) groups excluding carboxylic acids is 2. The Morgan fingerprint density at radius 2 is 1.84 bits per heavy atom. The highest BCUT2D eigenvalue weighted by atomic mass is 79.9. The van der Waals surface area contributed by atoms with Gasteiger partial charge in [-0.15, -0.1) is 0 Å². The molecule has 0 spiro atoms. The SMILES string of the molecule is CO[C@@H]1C[C@H](C(=O)Nc2ccc(-n3cc(Br)cc(C(=O)O)c3=O)cc2F)N(C(=O)Nc2ccc(Cl)cc2)C1. The lowest BCUT2D eigenvalue weighted by atomic mass is 10.1. The maximum absolute atomic E-state index is 15.0. The molecule has 2 heterocycles. The fourth-order valence-corrected chi connectivity index (χ4v) is 4.59. The van der Waals surface area contributed by atoms with Crippen molar-refractivity contribution in [3.05, 3.63) is 86.0 Å². The third-order valence-electron chi connectivity index (χ3n) is 5.96. The van der Waals surface area contributed by atoms with Crippen LogP contribution in [0.1, 0.15) is 16.8 Å². The normalized spacial score (nSPS) is 16.8. The number of pyridine rings is 1. The molecule has 38 heavy (non-hydrogen) atoms. The van der Waals surface area contributed by atoms with E-state index in [1.807, 2.05) is 0 Å². The number of ether oxygens (including phenoxy) is 1. The number of benzene rings is 2. The number of nitrogens with zero attached hydrogens (tertiary/aromatic N) is 2. The molecule has 2 aromatic carbocycles. The fraction of sp³-hybridized carbons (Fsp3) is 0.200. The molecule has 0 aliphatic carbocycles. The van der Waals surface area contributed by atoms with Crippen LogP contribution in [-0.4, -0.2) is 58.3 Å². The summed E-state index contributed by atoms with van der Waals surface area (Å²) in [6.45, 7) is 0.146. The van der Waals surface area contributed by atoms with Crippen LogP contribution in [0.2, 0.25) is 5.02 Å². The second kappa shape index (κ2) is 11.3. The standard InChI is InChI=1S/C25H21BrClFN4O6/c1-38-17-10-21(32(12-17)25(37)29-15-4-2-14(27)3-5-15)22(33)30-20-7-6-16(9-19(20)28)31-11-13(26)8-18(23(31)34)24(35)36/h2-9,11,17,21H,10,12H2,1H3,(H,29,37)(H,30,33)(H,35,36)/t17-,21-/m1/s1. The summed E-state index contributed by atoms with van der Waals surface area (Å²) >= 11 is 9.02. The number of aromatic nitrogens is 1. The maximum Gasteiger partial charge on any atom is 0.341 e. The number of hydrogen-bond acceptors (Lipinski definition) is 5. The summed E-state index contributed by atoms with van der Waals surface area (Å²) in [5.74, 6) is -2.92. The van der Waals surface area contributed by atoms with E-state index in [0.717, 1.165) is 16.7 Å². The quantitative estimate of drug-likeness (QED) is 0.382. The predicted octanol–water partition coefficient (Wildman–Crippen LogP) is 4.35. The first-order valence-electron chi connectivity index (χ1n) is 11.2. The molecule has 3 aromatic rings. The smallest absolute Gasteiger partial charge is 0.341 e. The highest BCUT2D eigenvalue weighted by molar-refractivity contribution is 9.10. The van der Waals surface area contributed by atoms with Crippen molar-refractivity contribution in [2.45, 2.75) is 18.6 Å². The van der Waals surface area contributed by atoms with Crippen LogP contribution in [-0.2, 0) is 9.53 Å². The van der Waals surface area contributed by atoms with Crippen LogP contribution >= 0.6 is 27.5 Å². The molecular weight excluding hydrogens is 587 g/mol. The van der Waals surface area contributed by atoms with Gasteiger partial charge in [0.2, 0.25) is 5.91 Å². The fourth-order valence-electron chi connectivity index (χ4n) is 4.03. The van der Waals surface area contributed by atoms with Gasteiger partial charge in [0, 0.05) is 47.5 Å². The summed E-state index contributed by atoms with van der Waals surface area (Å²) in [7, 11) is 1.47. The zero-order chi connectivity index (χ0) is 27.6. The van der Waals surface area contributed by atoms with Crippen LogP contribution < -0.4 is 16.2 Å². The number of carbonyl (C=O) groups is 3. The molecule has 3 amide bonds. The van der Waals surface area contributed by atoms with Crippen molar-refractivity contribution in [2.75, 3.05) is 24.3 Å². The summed E-state index contributed by atoms with van der Waals surface area (Å²) in [6, 6.07) is 9.72. The highest BCUT2D eigenvalue weighted by Gasteiger charge is 2.40. The molecule has 3 N–H and O–H groups in total. The lowest BCUT2D eigenvalue weighted by molar-refractivity contribution is -0.119.